The van der Waals surface area contributed by atoms with Crippen LogP contribution in [0.25, 0.3) is 10.9 Å². The van der Waals surface area contributed by atoms with E-state index in [-0.39, 0.29) is 18.7 Å². The largest absolute Gasteiger partial charge is 0.491 e. The number of ether oxygens (including phenoxy) is 1. The summed E-state index contributed by atoms with van der Waals surface area (Å²) < 4.78 is 7.12. The molecule has 2 aromatic carbocycles. The van der Waals surface area contributed by atoms with Gasteiger partial charge in [-0.2, -0.15) is 0 Å². The molecule has 0 radical (unpaired) electrons. The average Bonchev–Trinajstić information content (AvgIpc) is 2.64. The Hall–Kier alpha value is -2.66. The van der Waals surface area contributed by atoms with E-state index in [1.54, 1.807) is 13.0 Å². The van der Waals surface area contributed by atoms with Crippen LogP contribution in [0.1, 0.15) is 18.3 Å². The Morgan fingerprint density at radius 3 is 2.60 bits per heavy atom. The first-order valence-electron chi connectivity index (χ1n) is 8.44. The molecule has 3 aromatic rings. The van der Waals surface area contributed by atoms with Gasteiger partial charge < -0.3 is 9.84 Å². The monoisotopic (exact) mass is 338 g/mol. The van der Waals surface area contributed by atoms with E-state index in [1.165, 1.54) is 10.1 Å². The van der Waals surface area contributed by atoms with E-state index in [9.17, 15) is 9.90 Å². The summed E-state index contributed by atoms with van der Waals surface area (Å²) in [4.78, 5) is 17.0. The molecule has 1 unspecified atom stereocenters. The van der Waals surface area contributed by atoms with Crippen LogP contribution in [0.4, 0.5) is 0 Å². The van der Waals surface area contributed by atoms with Gasteiger partial charge in [-0.25, -0.2) is 4.98 Å². The third-order valence-corrected chi connectivity index (χ3v) is 4.22. The molecule has 0 bridgehead atoms. The molecule has 0 aliphatic rings. The molecule has 0 saturated carbocycles. The lowest BCUT2D eigenvalue weighted by Crippen LogP contribution is -2.32. The van der Waals surface area contributed by atoms with Gasteiger partial charge in [-0.1, -0.05) is 31.2 Å². The minimum absolute atomic E-state index is 0.115. The Balaban J connectivity index is 1.71. The number of aliphatic hydroxyl groups excluding tert-OH is 1. The predicted molar refractivity (Wildman–Crippen MR) is 98.1 cm³/mol. The second kappa shape index (κ2) is 7.49. The van der Waals surface area contributed by atoms with Crippen molar-refractivity contribution in [1.29, 1.82) is 0 Å². The van der Waals surface area contributed by atoms with Gasteiger partial charge in [0.1, 0.15) is 24.3 Å². The molecule has 1 aromatic heterocycles. The first-order chi connectivity index (χ1) is 12.1. The van der Waals surface area contributed by atoms with Gasteiger partial charge in [0.15, 0.2) is 0 Å². The normalized spacial score (nSPS) is 12.3. The SMILES string of the molecule is CCc1ccc(OCC(O)Cn2c(C)nc3ccccc3c2=O)cc1. The quantitative estimate of drug-likeness (QED) is 0.750. The second-order valence-electron chi connectivity index (χ2n) is 6.05. The van der Waals surface area contributed by atoms with Crippen LogP contribution in [0.15, 0.2) is 53.3 Å². The van der Waals surface area contributed by atoms with Crippen molar-refractivity contribution in [2.75, 3.05) is 6.61 Å². The number of hydrogen-bond donors (Lipinski definition) is 1. The summed E-state index contributed by atoms with van der Waals surface area (Å²) in [7, 11) is 0. The van der Waals surface area contributed by atoms with E-state index in [4.69, 9.17) is 4.74 Å². The van der Waals surface area contributed by atoms with Gasteiger partial charge in [0.05, 0.1) is 17.4 Å². The maximum absolute atomic E-state index is 12.6. The maximum Gasteiger partial charge on any atom is 0.261 e. The summed E-state index contributed by atoms with van der Waals surface area (Å²) in [6, 6.07) is 15.0. The number of benzene rings is 2. The Bertz CT molecular complexity index is 916. The molecule has 0 fully saturated rings. The number of hydrogen-bond acceptors (Lipinski definition) is 4. The molecule has 0 saturated heterocycles. The zero-order chi connectivity index (χ0) is 17.8. The Morgan fingerprint density at radius 1 is 1.16 bits per heavy atom. The molecule has 1 N–H and O–H groups in total. The molecule has 0 aliphatic carbocycles. The third-order valence-electron chi connectivity index (χ3n) is 4.22. The summed E-state index contributed by atoms with van der Waals surface area (Å²) in [6.45, 7) is 4.13. The first-order valence-corrected chi connectivity index (χ1v) is 8.44. The van der Waals surface area contributed by atoms with E-state index in [2.05, 4.69) is 11.9 Å². The van der Waals surface area contributed by atoms with E-state index < -0.39 is 6.10 Å². The van der Waals surface area contributed by atoms with Crippen LogP contribution in [0, 0.1) is 6.92 Å². The Morgan fingerprint density at radius 2 is 1.88 bits per heavy atom. The Labute approximate surface area is 146 Å². The van der Waals surface area contributed by atoms with Crippen molar-refractivity contribution >= 4 is 10.9 Å². The highest BCUT2D eigenvalue weighted by Gasteiger charge is 2.13. The molecule has 1 atom stereocenters. The molecular weight excluding hydrogens is 316 g/mol. The smallest absolute Gasteiger partial charge is 0.261 e. The maximum atomic E-state index is 12.6. The van der Waals surface area contributed by atoms with Crippen molar-refractivity contribution in [3.05, 3.63) is 70.3 Å². The van der Waals surface area contributed by atoms with Crippen molar-refractivity contribution in [2.24, 2.45) is 0 Å². The van der Waals surface area contributed by atoms with Crippen molar-refractivity contribution in [3.8, 4) is 5.75 Å². The van der Waals surface area contributed by atoms with Crippen molar-refractivity contribution in [2.45, 2.75) is 32.9 Å². The number of aryl methyl sites for hydroxylation is 2. The highest BCUT2D eigenvalue weighted by molar-refractivity contribution is 5.77. The summed E-state index contributed by atoms with van der Waals surface area (Å²) in [5.41, 5.74) is 1.76. The zero-order valence-electron chi connectivity index (χ0n) is 14.5. The highest BCUT2D eigenvalue weighted by Crippen LogP contribution is 2.13. The highest BCUT2D eigenvalue weighted by atomic mass is 16.5. The standard InChI is InChI=1S/C20H22N2O3/c1-3-15-8-10-17(11-9-15)25-13-16(23)12-22-14(2)21-19-7-5-4-6-18(19)20(22)24/h4-11,16,23H,3,12-13H2,1-2H3. The van der Waals surface area contributed by atoms with Gasteiger partial charge in [0.25, 0.3) is 5.56 Å². The number of para-hydroxylation sites is 1. The van der Waals surface area contributed by atoms with Crippen LogP contribution in [0.3, 0.4) is 0 Å². The first kappa shape index (κ1) is 17.2. The lowest BCUT2D eigenvalue weighted by Gasteiger charge is -2.16. The van der Waals surface area contributed by atoms with Crippen molar-refractivity contribution < 1.29 is 9.84 Å². The fourth-order valence-electron chi connectivity index (χ4n) is 2.77. The molecule has 0 amide bonds. The minimum atomic E-state index is -0.801. The van der Waals surface area contributed by atoms with Crippen LogP contribution in [0.2, 0.25) is 0 Å². The van der Waals surface area contributed by atoms with Crippen LogP contribution in [-0.2, 0) is 13.0 Å². The summed E-state index contributed by atoms with van der Waals surface area (Å²) in [5, 5.41) is 10.8. The fraction of sp³-hybridized carbons (Fsp3) is 0.300. The zero-order valence-corrected chi connectivity index (χ0v) is 14.5. The summed E-state index contributed by atoms with van der Waals surface area (Å²) >= 11 is 0. The molecule has 0 aliphatic heterocycles. The number of fused-ring (bicyclic) bond motifs is 1. The topological polar surface area (TPSA) is 64.3 Å². The van der Waals surface area contributed by atoms with Gasteiger partial charge in [0.2, 0.25) is 0 Å². The van der Waals surface area contributed by atoms with Gasteiger partial charge in [-0.05, 0) is 43.2 Å². The molecule has 5 heteroatoms. The second-order valence-corrected chi connectivity index (χ2v) is 6.05. The molecule has 25 heavy (non-hydrogen) atoms. The van der Waals surface area contributed by atoms with Crippen molar-refractivity contribution in [3.63, 3.8) is 0 Å². The minimum Gasteiger partial charge on any atom is -0.491 e. The van der Waals surface area contributed by atoms with E-state index >= 15 is 0 Å². The van der Waals surface area contributed by atoms with E-state index in [0.717, 1.165) is 6.42 Å². The summed E-state index contributed by atoms with van der Waals surface area (Å²) in [6.07, 6.45) is 0.172. The molecular formula is C20H22N2O3. The lowest BCUT2D eigenvalue weighted by molar-refractivity contribution is 0.0909. The number of aliphatic hydroxyl groups is 1. The van der Waals surface area contributed by atoms with Gasteiger partial charge in [-0.15, -0.1) is 0 Å². The van der Waals surface area contributed by atoms with Crippen molar-refractivity contribution in [1.82, 2.24) is 9.55 Å². The van der Waals surface area contributed by atoms with Crippen LogP contribution in [-0.4, -0.2) is 27.4 Å². The molecule has 3 rings (SSSR count). The van der Waals surface area contributed by atoms with Crippen LogP contribution in [0.5, 0.6) is 5.75 Å². The fourth-order valence-corrected chi connectivity index (χ4v) is 2.77. The number of nitrogens with zero attached hydrogens (tertiary/aromatic N) is 2. The molecule has 0 spiro atoms. The van der Waals surface area contributed by atoms with Crippen LogP contribution >= 0.6 is 0 Å². The lowest BCUT2D eigenvalue weighted by atomic mass is 10.2. The average molecular weight is 338 g/mol. The number of aromatic nitrogens is 2. The van der Waals surface area contributed by atoms with Gasteiger partial charge in [-0.3, -0.25) is 9.36 Å². The number of rotatable bonds is 6. The van der Waals surface area contributed by atoms with E-state index in [0.29, 0.717) is 22.5 Å². The molecule has 130 valence electrons. The molecule has 1 heterocycles. The van der Waals surface area contributed by atoms with E-state index in [1.807, 2.05) is 42.5 Å². The Kier molecular flexibility index (Phi) is 5.14. The predicted octanol–water partition coefficient (Wildman–Crippen LogP) is 2.71. The third kappa shape index (κ3) is 3.88. The summed E-state index contributed by atoms with van der Waals surface area (Å²) in [5.74, 6) is 1.28. The molecule has 5 nitrogen and oxygen atoms in total. The van der Waals surface area contributed by atoms with Gasteiger partial charge in [0, 0.05) is 0 Å². The van der Waals surface area contributed by atoms with Crippen LogP contribution < -0.4 is 10.3 Å². The van der Waals surface area contributed by atoms with Gasteiger partial charge >= 0.3 is 0 Å².